The van der Waals surface area contributed by atoms with Gasteiger partial charge in [-0.05, 0) is 31.5 Å². The maximum Gasteiger partial charge on any atom is 0.239 e. The van der Waals surface area contributed by atoms with Crippen molar-refractivity contribution >= 4 is 45.0 Å². The molecule has 2 heterocycles. The summed E-state index contributed by atoms with van der Waals surface area (Å²) in [6.07, 6.45) is 1.67. The number of anilines is 1. The van der Waals surface area contributed by atoms with Gasteiger partial charge in [0.25, 0.3) is 0 Å². The highest BCUT2D eigenvalue weighted by Crippen LogP contribution is 2.27. The number of aromatic nitrogens is 2. The zero-order valence-electron chi connectivity index (χ0n) is 12.2. The molecule has 0 aliphatic rings. The molecule has 1 aromatic carbocycles. The van der Waals surface area contributed by atoms with Crippen molar-refractivity contribution in [3.8, 4) is 0 Å². The maximum absolute atomic E-state index is 12.2. The van der Waals surface area contributed by atoms with E-state index in [4.69, 9.17) is 0 Å². The minimum absolute atomic E-state index is 0.0624. The van der Waals surface area contributed by atoms with Gasteiger partial charge in [0.05, 0.1) is 15.8 Å². The summed E-state index contributed by atoms with van der Waals surface area (Å²) in [7, 11) is 0. The second-order valence-electron chi connectivity index (χ2n) is 4.88. The molecule has 2 aromatic heterocycles. The number of amides is 1. The predicted molar refractivity (Wildman–Crippen MR) is 92.5 cm³/mol. The van der Waals surface area contributed by atoms with E-state index in [2.05, 4.69) is 28.3 Å². The van der Waals surface area contributed by atoms with Gasteiger partial charge >= 0.3 is 0 Å². The molecule has 4 nitrogen and oxygen atoms in total. The van der Waals surface area contributed by atoms with Crippen LogP contribution in [-0.2, 0) is 4.79 Å². The molecule has 3 aromatic rings. The standard InChI is InChI=1S/C16H15N3OS2/c1-10-9-14(18-13-6-4-3-5-12(10)13)22-11(2)15(20)19-16-17-7-8-21-16/h3-9,11H,1-2H3,(H,17,19,20)/t11-/m0/s1. The van der Waals surface area contributed by atoms with Gasteiger partial charge in [0.1, 0.15) is 0 Å². The molecular formula is C16H15N3OS2. The molecule has 0 unspecified atom stereocenters. The quantitative estimate of drug-likeness (QED) is 0.732. The first-order chi connectivity index (χ1) is 10.6. The topological polar surface area (TPSA) is 54.9 Å². The van der Waals surface area contributed by atoms with Crippen molar-refractivity contribution in [3.63, 3.8) is 0 Å². The van der Waals surface area contributed by atoms with Crippen molar-refractivity contribution in [1.29, 1.82) is 0 Å². The van der Waals surface area contributed by atoms with E-state index < -0.39 is 0 Å². The summed E-state index contributed by atoms with van der Waals surface area (Å²) < 4.78 is 0. The van der Waals surface area contributed by atoms with Crippen LogP contribution in [0, 0.1) is 6.92 Å². The number of pyridine rings is 1. The molecule has 1 N–H and O–H groups in total. The molecule has 3 rings (SSSR count). The van der Waals surface area contributed by atoms with E-state index in [1.54, 1.807) is 6.20 Å². The van der Waals surface area contributed by atoms with Gasteiger partial charge in [-0.1, -0.05) is 30.0 Å². The molecule has 6 heteroatoms. The van der Waals surface area contributed by atoms with E-state index >= 15 is 0 Å². The average Bonchev–Trinajstić information content (AvgIpc) is 3.00. The number of hydrogen-bond acceptors (Lipinski definition) is 5. The van der Waals surface area contributed by atoms with Gasteiger partial charge in [-0.25, -0.2) is 9.97 Å². The van der Waals surface area contributed by atoms with Crippen LogP contribution in [0.4, 0.5) is 5.13 Å². The molecular weight excluding hydrogens is 314 g/mol. The van der Waals surface area contributed by atoms with Crippen LogP contribution in [0.3, 0.4) is 0 Å². The fraction of sp³-hybridized carbons (Fsp3) is 0.188. The van der Waals surface area contributed by atoms with Crippen LogP contribution in [0.2, 0.25) is 0 Å². The molecule has 0 saturated carbocycles. The molecule has 0 bridgehead atoms. The van der Waals surface area contributed by atoms with Gasteiger partial charge in [-0.2, -0.15) is 0 Å². The molecule has 0 saturated heterocycles. The predicted octanol–water partition coefficient (Wildman–Crippen LogP) is 4.12. The Balaban J connectivity index is 1.76. The summed E-state index contributed by atoms with van der Waals surface area (Å²) >= 11 is 2.87. The van der Waals surface area contributed by atoms with E-state index in [1.165, 1.54) is 28.7 Å². The van der Waals surface area contributed by atoms with Crippen molar-refractivity contribution in [3.05, 3.63) is 47.5 Å². The lowest BCUT2D eigenvalue weighted by Crippen LogP contribution is -2.22. The number of nitrogens with zero attached hydrogens (tertiary/aromatic N) is 2. The number of thiazole rings is 1. The third kappa shape index (κ3) is 3.28. The maximum atomic E-state index is 12.2. The van der Waals surface area contributed by atoms with Crippen molar-refractivity contribution in [1.82, 2.24) is 9.97 Å². The Kier molecular flexibility index (Phi) is 4.40. The lowest BCUT2D eigenvalue weighted by molar-refractivity contribution is -0.115. The Hall–Kier alpha value is -1.92. The molecule has 112 valence electrons. The van der Waals surface area contributed by atoms with Gasteiger partial charge in [0.15, 0.2) is 5.13 Å². The van der Waals surface area contributed by atoms with Gasteiger partial charge in [-0.15, -0.1) is 11.3 Å². The fourth-order valence-corrected chi connectivity index (χ4v) is 3.56. The third-order valence-electron chi connectivity index (χ3n) is 3.23. The molecule has 0 fully saturated rings. The highest BCUT2D eigenvalue weighted by molar-refractivity contribution is 8.00. The summed E-state index contributed by atoms with van der Waals surface area (Å²) in [6, 6.07) is 10.1. The number of para-hydroxylation sites is 1. The monoisotopic (exact) mass is 329 g/mol. The lowest BCUT2D eigenvalue weighted by atomic mass is 10.1. The summed E-state index contributed by atoms with van der Waals surface area (Å²) in [4.78, 5) is 20.9. The Bertz CT molecular complexity index is 802. The number of fused-ring (bicyclic) bond motifs is 1. The summed E-state index contributed by atoms with van der Waals surface area (Å²) in [5.74, 6) is -0.0624. The molecule has 0 aliphatic carbocycles. The molecule has 22 heavy (non-hydrogen) atoms. The van der Waals surface area contributed by atoms with Gasteiger partial charge < -0.3 is 5.32 Å². The largest absolute Gasteiger partial charge is 0.301 e. The number of nitrogens with one attached hydrogen (secondary N) is 1. The Morgan fingerprint density at radius 3 is 2.95 bits per heavy atom. The highest BCUT2D eigenvalue weighted by Gasteiger charge is 2.16. The van der Waals surface area contributed by atoms with E-state index in [0.717, 1.165) is 15.9 Å². The number of benzene rings is 1. The van der Waals surface area contributed by atoms with Crippen LogP contribution in [0.15, 0.2) is 46.9 Å². The first-order valence-electron chi connectivity index (χ1n) is 6.87. The molecule has 1 amide bonds. The molecule has 0 radical (unpaired) electrons. The zero-order chi connectivity index (χ0) is 15.5. The van der Waals surface area contributed by atoms with Gasteiger partial charge in [-0.3, -0.25) is 4.79 Å². The van der Waals surface area contributed by atoms with Crippen LogP contribution < -0.4 is 5.32 Å². The third-order valence-corrected chi connectivity index (χ3v) is 4.94. The summed E-state index contributed by atoms with van der Waals surface area (Å²) in [6.45, 7) is 3.94. The Labute approximate surface area is 137 Å². The minimum atomic E-state index is -0.239. The number of thioether (sulfide) groups is 1. The second kappa shape index (κ2) is 6.46. The average molecular weight is 329 g/mol. The van der Waals surface area contributed by atoms with E-state index in [-0.39, 0.29) is 11.2 Å². The van der Waals surface area contributed by atoms with Crippen molar-refractivity contribution < 1.29 is 4.79 Å². The van der Waals surface area contributed by atoms with Crippen molar-refractivity contribution in [2.24, 2.45) is 0 Å². The Morgan fingerprint density at radius 1 is 1.36 bits per heavy atom. The zero-order valence-corrected chi connectivity index (χ0v) is 13.9. The fourth-order valence-electron chi connectivity index (χ4n) is 2.11. The number of rotatable bonds is 4. The Morgan fingerprint density at radius 2 is 2.18 bits per heavy atom. The van der Waals surface area contributed by atoms with E-state index in [1.807, 2.05) is 36.6 Å². The normalized spacial score (nSPS) is 12.3. The summed E-state index contributed by atoms with van der Waals surface area (Å²) in [5, 5.41) is 7.04. The van der Waals surface area contributed by atoms with Crippen LogP contribution in [0.25, 0.3) is 10.9 Å². The molecule has 0 spiro atoms. The lowest BCUT2D eigenvalue weighted by Gasteiger charge is -2.11. The van der Waals surface area contributed by atoms with Gasteiger partial charge in [0, 0.05) is 17.0 Å². The number of carbonyl (C=O) groups is 1. The first-order valence-corrected chi connectivity index (χ1v) is 8.63. The number of aryl methyl sites for hydroxylation is 1. The van der Waals surface area contributed by atoms with Crippen LogP contribution in [0.5, 0.6) is 0 Å². The van der Waals surface area contributed by atoms with Gasteiger partial charge in [0.2, 0.25) is 5.91 Å². The number of hydrogen-bond donors (Lipinski definition) is 1. The SMILES string of the molecule is Cc1cc(S[C@@H](C)C(=O)Nc2nccs2)nc2ccccc12. The smallest absolute Gasteiger partial charge is 0.239 e. The minimum Gasteiger partial charge on any atom is -0.301 e. The van der Waals surface area contributed by atoms with Crippen LogP contribution >= 0.6 is 23.1 Å². The van der Waals surface area contributed by atoms with Crippen LogP contribution in [-0.4, -0.2) is 21.1 Å². The number of carbonyl (C=O) groups excluding carboxylic acids is 1. The van der Waals surface area contributed by atoms with Crippen LogP contribution in [0.1, 0.15) is 12.5 Å². The molecule has 1 atom stereocenters. The van der Waals surface area contributed by atoms with Crippen molar-refractivity contribution in [2.45, 2.75) is 24.1 Å². The first kappa shape index (κ1) is 15.0. The van der Waals surface area contributed by atoms with E-state index in [0.29, 0.717) is 5.13 Å². The summed E-state index contributed by atoms with van der Waals surface area (Å²) in [5.41, 5.74) is 2.12. The highest BCUT2D eigenvalue weighted by atomic mass is 32.2. The second-order valence-corrected chi connectivity index (χ2v) is 7.14. The van der Waals surface area contributed by atoms with E-state index in [9.17, 15) is 4.79 Å². The van der Waals surface area contributed by atoms with Crippen molar-refractivity contribution in [2.75, 3.05) is 5.32 Å². The molecule has 0 aliphatic heterocycles.